The average molecular weight is 247 g/mol. The van der Waals surface area contributed by atoms with Crippen molar-refractivity contribution in [3.63, 3.8) is 0 Å². The molecule has 1 aliphatic carbocycles. The zero-order valence-corrected chi connectivity index (χ0v) is 10.8. The molecule has 2 unspecified atom stereocenters. The molecule has 1 saturated carbocycles. The minimum absolute atomic E-state index is 0.246. The van der Waals surface area contributed by atoms with E-state index in [-0.39, 0.29) is 5.97 Å². The van der Waals surface area contributed by atoms with Gasteiger partial charge in [-0.15, -0.1) is 0 Å². The second-order valence-electron chi connectivity index (χ2n) is 4.11. The maximum atomic E-state index is 11.7. The van der Waals surface area contributed by atoms with Gasteiger partial charge >= 0.3 is 5.97 Å². The number of thioether (sulfide) groups is 1. The van der Waals surface area contributed by atoms with Crippen molar-refractivity contribution in [3.05, 3.63) is 0 Å². The van der Waals surface area contributed by atoms with Gasteiger partial charge in [0.15, 0.2) is 0 Å². The van der Waals surface area contributed by atoms with Gasteiger partial charge in [-0.2, -0.15) is 11.8 Å². The summed E-state index contributed by atoms with van der Waals surface area (Å²) in [5.41, 5.74) is 5.31. The third-order valence-corrected chi connectivity index (χ3v) is 4.10. The van der Waals surface area contributed by atoms with E-state index in [1.807, 2.05) is 11.8 Å². The van der Waals surface area contributed by atoms with Crippen molar-refractivity contribution in [1.29, 1.82) is 0 Å². The van der Waals surface area contributed by atoms with E-state index >= 15 is 0 Å². The van der Waals surface area contributed by atoms with Crippen molar-refractivity contribution < 1.29 is 14.3 Å². The summed E-state index contributed by atoms with van der Waals surface area (Å²) in [4.78, 5) is 11.7. The highest BCUT2D eigenvalue weighted by Gasteiger charge is 2.43. The highest BCUT2D eigenvalue weighted by Crippen LogP contribution is 2.36. The first kappa shape index (κ1) is 13.8. The van der Waals surface area contributed by atoms with Crippen molar-refractivity contribution in [2.24, 2.45) is 5.73 Å². The summed E-state index contributed by atoms with van der Waals surface area (Å²) in [5.74, 6) is 0.713. The second kappa shape index (κ2) is 6.47. The van der Waals surface area contributed by atoms with Gasteiger partial charge in [-0.25, -0.2) is 0 Å². The maximum Gasteiger partial charge on any atom is 0.326 e. The molecule has 94 valence electrons. The highest BCUT2D eigenvalue weighted by atomic mass is 32.2. The van der Waals surface area contributed by atoms with Gasteiger partial charge in [-0.1, -0.05) is 0 Å². The predicted molar refractivity (Wildman–Crippen MR) is 65.5 cm³/mol. The summed E-state index contributed by atoms with van der Waals surface area (Å²) in [6.07, 6.45) is 2.44. The van der Waals surface area contributed by atoms with Crippen molar-refractivity contribution in [1.82, 2.24) is 0 Å². The number of nitrogens with two attached hydrogens (primary N) is 1. The summed E-state index contributed by atoms with van der Waals surface area (Å²) >= 11 is 1.83. The molecule has 0 spiro atoms. The lowest BCUT2D eigenvalue weighted by Gasteiger charge is -2.21. The molecule has 4 nitrogen and oxygen atoms in total. The molecule has 16 heavy (non-hydrogen) atoms. The topological polar surface area (TPSA) is 61.5 Å². The van der Waals surface area contributed by atoms with E-state index in [4.69, 9.17) is 15.2 Å². The fourth-order valence-corrected chi connectivity index (χ4v) is 3.23. The number of carbonyl (C=O) groups excluding carboxylic acids is 1. The molecule has 5 heteroatoms. The number of rotatable bonds is 6. The van der Waals surface area contributed by atoms with Gasteiger partial charge in [0.2, 0.25) is 0 Å². The Morgan fingerprint density at radius 3 is 3.00 bits per heavy atom. The van der Waals surface area contributed by atoms with Crippen LogP contribution in [-0.4, -0.2) is 42.8 Å². The van der Waals surface area contributed by atoms with E-state index in [9.17, 15) is 4.79 Å². The number of ether oxygens (including phenoxy) is 2. The molecule has 1 aliphatic rings. The molecule has 0 radical (unpaired) electrons. The Bertz CT molecular complexity index is 237. The molecule has 0 aromatic rings. The summed E-state index contributed by atoms with van der Waals surface area (Å²) in [5, 5.41) is 0.463. The SMILES string of the molecule is CCOC(=O)C1(N)CCC(SCCOC)C1. The van der Waals surface area contributed by atoms with Gasteiger partial charge in [-0.3, -0.25) is 4.79 Å². The largest absolute Gasteiger partial charge is 0.465 e. The van der Waals surface area contributed by atoms with Gasteiger partial charge in [0.05, 0.1) is 13.2 Å². The number of carbonyl (C=O) groups is 1. The minimum Gasteiger partial charge on any atom is -0.465 e. The van der Waals surface area contributed by atoms with Crippen LogP contribution in [0.2, 0.25) is 0 Å². The molecule has 0 saturated heterocycles. The van der Waals surface area contributed by atoms with Crippen LogP contribution in [0, 0.1) is 0 Å². The van der Waals surface area contributed by atoms with E-state index < -0.39 is 5.54 Å². The van der Waals surface area contributed by atoms with E-state index in [1.54, 1.807) is 14.0 Å². The van der Waals surface area contributed by atoms with Crippen LogP contribution in [0.25, 0.3) is 0 Å². The van der Waals surface area contributed by atoms with Crippen LogP contribution in [0.5, 0.6) is 0 Å². The number of esters is 1. The van der Waals surface area contributed by atoms with Crippen LogP contribution in [0.15, 0.2) is 0 Å². The van der Waals surface area contributed by atoms with Crippen molar-refractivity contribution in [2.75, 3.05) is 26.1 Å². The lowest BCUT2D eigenvalue weighted by atomic mass is 10.00. The molecule has 2 atom stereocenters. The predicted octanol–water partition coefficient (Wildman–Crippen LogP) is 1.18. The molecule has 2 N–H and O–H groups in total. The van der Waals surface area contributed by atoms with Crippen LogP contribution >= 0.6 is 11.8 Å². The molecule has 1 rings (SSSR count). The minimum atomic E-state index is -0.749. The molecular formula is C11H21NO3S. The Morgan fingerprint density at radius 2 is 2.38 bits per heavy atom. The van der Waals surface area contributed by atoms with Crippen molar-refractivity contribution >= 4 is 17.7 Å². The van der Waals surface area contributed by atoms with Crippen molar-refractivity contribution in [2.45, 2.75) is 37.0 Å². The molecule has 0 heterocycles. The van der Waals surface area contributed by atoms with Crippen LogP contribution < -0.4 is 5.73 Å². The molecule has 0 aliphatic heterocycles. The summed E-state index contributed by atoms with van der Waals surface area (Å²) in [6, 6.07) is 0. The Hall–Kier alpha value is -0.260. The Balaban J connectivity index is 2.35. The summed E-state index contributed by atoms with van der Waals surface area (Å²) in [6.45, 7) is 2.96. The normalized spacial score (nSPS) is 29.3. The standard InChI is InChI=1S/C11H21NO3S/c1-3-15-10(13)11(12)5-4-9(8-11)16-7-6-14-2/h9H,3-8,12H2,1-2H3. The van der Waals surface area contributed by atoms with E-state index in [0.29, 0.717) is 11.9 Å². The Morgan fingerprint density at radius 1 is 1.62 bits per heavy atom. The van der Waals surface area contributed by atoms with Gasteiger partial charge in [0.1, 0.15) is 5.54 Å². The van der Waals surface area contributed by atoms with Gasteiger partial charge < -0.3 is 15.2 Å². The third kappa shape index (κ3) is 3.64. The molecule has 1 fully saturated rings. The molecular weight excluding hydrogens is 226 g/mol. The first-order valence-electron chi connectivity index (χ1n) is 5.69. The maximum absolute atomic E-state index is 11.7. The van der Waals surface area contributed by atoms with Crippen LogP contribution in [0.4, 0.5) is 0 Å². The van der Waals surface area contributed by atoms with Gasteiger partial charge in [0, 0.05) is 18.1 Å². The first-order valence-corrected chi connectivity index (χ1v) is 6.74. The van der Waals surface area contributed by atoms with E-state index in [1.165, 1.54) is 0 Å². The molecule has 0 amide bonds. The van der Waals surface area contributed by atoms with Crippen molar-refractivity contribution in [3.8, 4) is 0 Å². The quantitative estimate of drug-likeness (QED) is 0.564. The summed E-state index contributed by atoms with van der Waals surface area (Å²) in [7, 11) is 1.70. The lowest BCUT2D eigenvalue weighted by Crippen LogP contribution is -2.47. The monoisotopic (exact) mass is 247 g/mol. The smallest absolute Gasteiger partial charge is 0.326 e. The zero-order chi connectivity index (χ0) is 12.0. The van der Waals surface area contributed by atoms with Crippen LogP contribution in [0.3, 0.4) is 0 Å². The lowest BCUT2D eigenvalue weighted by molar-refractivity contribution is -0.149. The Kier molecular flexibility index (Phi) is 5.58. The van der Waals surface area contributed by atoms with Crippen LogP contribution in [0.1, 0.15) is 26.2 Å². The fraction of sp³-hybridized carbons (Fsp3) is 0.909. The number of hydrogen-bond acceptors (Lipinski definition) is 5. The third-order valence-electron chi connectivity index (χ3n) is 2.83. The van der Waals surface area contributed by atoms with E-state index in [2.05, 4.69) is 0 Å². The Labute approximate surface area is 101 Å². The summed E-state index contributed by atoms with van der Waals surface area (Å²) < 4.78 is 10.0. The van der Waals surface area contributed by atoms with Crippen LogP contribution in [-0.2, 0) is 14.3 Å². The molecule has 0 bridgehead atoms. The number of hydrogen-bond donors (Lipinski definition) is 1. The van der Waals surface area contributed by atoms with Gasteiger partial charge in [-0.05, 0) is 26.2 Å². The van der Waals surface area contributed by atoms with Gasteiger partial charge in [0.25, 0.3) is 0 Å². The number of methoxy groups -OCH3 is 1. The first-order chi connectivity index (χ1) is 7.62. The fourth-order valence-electron chi connectivity index (χ4n) is 1.93. The molecule has 0 aromatic heterocycles. The zero-order valence-electron chi connectivity index (χ0n) is 10.0. The average Bonchev–Trinajstić information content (AvgIpc) is 2.63. The molecule has 0 aromatic carbocycles. The second-order valence-corrected chi connectivity index (χ2v) is 5.51. The van der Waals surface area contributed by atoms with E-state index in [0.717, 1.165) is 31.6 Å². The highest BCUT2D eigenvalue weighted by molar-refractivity contribution is 7.99.